The fourth-order valence-electron chi connectivity index (χ4n) is 4.48. The first-order valence-electron chi connectivity index (χ1n) is 11.7. The largest absolute Gasteiger partial charge is 0.465 e. The first-order chi connectivity index (χ1) is 17.2. The van der Waals surface area contributed by atoms with Crippen LogP contribution in [0, 0.1) is 0 Å². The van der Waals surface area contributed by atoms with Gasteiger partial charge in [0.15, 0.2) is 0 Å². The van der Waals surface area contributed by atoms with Crippen LogP contribution in [0.4, 0.5) is 0 Å². The van der Waals surface area contributed by atoms with Crippen LogP contribution in [0.5, 0.6) is 0 Å². The Hall–Kier alpha value is -3.57. The molecule has 2 N–H and O–H groups in total. The summed E-state index contributed by atoms with van der Waals surface area (Å²) in [5.74, 6) is -2.17. The van der Waals surface area contributed by atoms with Gasteiger partial charge < -0.3 is 9.64 Å². The van der Waals surface area contributed by atoms with E-state index in [2.05, 4.69) is 10.0 Å². The lowest BCUT2D eigenvalue weighted by Crippen LogP contribution is -2.52. The number of ether oxygens (including phenoxy) is 1. The molecule has 0 bridgehead atoms. The zero-order valence-electron chi connectivity index (χ0n) is 19.7. The van der Waals surface area contributed by atoms with Gasteiger partial charge in [-0.2, -0.15) is 4.72 Å². The summed E-state index contributed by atoms with van der Waals surface area (Å²) in [5.41, 5.74) is 1.35. The third kappa shape index (κ3) is 5.31. The van der Waals surface area contributed by atoms with Crippen LogP contribution in [-0.4, -0.2) is 55.7 Å². The number of benzene rings is 2. The van der Waals surface area contributed by atoms with E-state index in [1.165, 1.54) is 23.1 Å². The number of rotatable bonds is 9. The molecule has 1 saturated heterocycles. The summed E-state index contributed by atoms with van der Waals surface area (Å²) in [6.45, 7) is 1.63. The zero-order valence-corrected chi connectivity index (χ0v) is 20.5. The maximum atomic E-state index is 13.4. The number of esters is 1. The van der Waals surface area contributed by atoms with Gasteiger partial charge in [-0.15, -0.1) is 0 Å². The van der Waals surface area contributed by atoms with Crippen molar-refractivity contribution >= 4 is 33.7 Å². The molecule has 0 saturated carbocycles. The van der Waals surface area contributed by atoms with Gasteiger partial charge in [0.05, 0.1) is 11.5 Å². The van der Waals surface area contributed by atoms with Crippen LogP contribution < -0.4 is 10.0 Å². The van der Waals surface area contributed by atoms with Crippen molar-refractivity contribution < 1.29 is 32.3 Å². The van der Waals surface area contributed by atoms with Crippen molar-refractivity contribution in [3.05, 3.63) is 65.2 Å². The van der Waals surface area contributed by atoms with Gasteiger partial charge in [0.2, 0.25) is 21.8 Å². The minimum absolute atomic E-state index is 0.0892. The number of hydrogen-bond acceptors (Lipinski definition) is 7. The van der Waals surface area contributed by atoms with Gasteiger partial charge in [-0.05, 0) is 43.9 Å². The van der Waals surface area contributed by atoms with Crippen molar-refractivity contribution in [2.24, 2.45) is 0 Å². The second kappa shape index (κ2) is 10.6. The quantitative estimate of drug-likeness (QED) is 0.380. The molecule has 0 aromatic heterocycles. The molecule has 36 heavy (non-hydrogen) atoms. The van der Waals surface area contributed by atoms with Gasteiger partial charge in [-0.25, -0.2) is 8.42 Å². The lowest BCUT2D eigenvalue weighted by molar-refractivity contribution is -0.145. The summed E-state index contributed by atoms with van der Waals surface area (Å²) in [5, 5.41) is 2.22. The Labute approximate surface area is 209 Å². The molecule has 2 heterocycles. The number of carbonyl (C=O) groups excluding carboxylic acids is 4. The highest BCUT2D eigenvalue weighted by molar-refractivity contribution is 7.89. The van der Waals surface area contributed by atoms with E-state index in [4.69, 9.17) is 4.74 Å². The van der Waals surface area contributed by atoms with Gasteiger partial charge in [-0.1, -0.05) is 36.4 Å². The van der Waals surface area contributed by atoms with Gasteiger partial charge in [-0.3, -0.25) is 24.5 Å². The van der Waals surface area contributed by atoms with Crippen LogP contribution >= 0.6 is 0 Å². The number of amides is 3. The summed E-state index contributed by atoms with van der Waals surface area (Å²) < 4.78 is 34.5. The molecule has 2 aromatic rings. The molecule has 2 aromatic carbocycles. The Morgan fingerprint density at radius 2 is 1.89 bits per heavy atom. The first-order valence-corrected chi connectivity index (χ1v) is 13.2. The molecule has 10 nitrogen and oxygen atoms in total. The van der Waals surface area contributed by atoms with E-state index in [-0.39, 0.29) is 48.4 Å². The zero-order chi connectivity index (χ0) is 25.9. The van der Waals surface area contributed by atoms with E-state index in [9.17, 15) is 27.6 Å². The van der Waals surface area contributed by atoms with Gasteiger partial charge in [0.25, 0.3) is 5.91 Å². The monoisotopic (exact) mass is 513 g/mol. The second-order valence-electron chi connectivity index (χ2n) is 8.63. The van der Waals surface area contributed by atoms with Crippen LogP contribution in [-0.2, 0) is 42.1 Å². The normalized spacial score (nSPS) is 18.5. The Morgan fingerprint density at radius 1 is 1.14 bits per heavy atom. The average molecular weight is 514 g/mol. The fraction of sp³-hybridized carbons (Fsp3) is 0.360. The second-order valence-corrected chi connectivity index (χ2v) is 10.3. The number of sulfonamides is 1. The summed E-state index contributed by atoms with van der Waals surface area (Å²) in [4.78, 5) is 50.6. The number of hydrogen-bond donors (Lipinski definition) is 2. The van der Waals surface area contributed by atoms with Crippen molar-refractivity contribution in [3.63, 3.8) is 0 Å². The van der Waals surface area contributed by atoms with Crippen molar-refractivity contribution in [1.82, 2.24) is 14.9 Å². The van der Waals surface area contributed by atoms with Crippen molar-refractivity contribution in [3.8, 4) is 0 Å². The van der Waals surface area contributed by atoms with Crippen LogP contribution in [0.2, 0.25) is 0 Å². The van der Waals surface area contributed by atoms with Crippen LogP contribution in [0.1, 0.15) is 47.7 Å². The molecular weight excluding hydrogens is 486 g/mol. The first kappa shape index (κ1) is 25.5. The molecule has 11 heteroatoms. The van der Waals surface area contributed by atoms with E-state index in [1.807, 2.05) is 30.3 Å². The van der Waals surface area contributed by atoms with Crippen molar-refractivity contribution in [1.29, 1.82) is 0 Å². The van der Waals surface area contributed by atoms with Gasteiger partial charge >= 0.3 is 5.97 Å². The highest BCUT2D eigenvalue weighted by atomic mass is 32.2. The lowest BCUT2D eigenvalue weighted by Gasteiger charge is -2.29. The van der Waals surface area contributed by atoms with E-state index in [1.54, 1.807) is 6.92 Å². The van der Waals surface area contributed by atoms with Crippen molar-refractivity contribution in [2.75, 3.05) is 6.61 Å². The van der Waals surface area contributed by atoms with Crippen LogP contribution in [0.15, 0.2) is 53.4 Å². The highest BCUT2D eigenvalue weighted by Crippen LogP contribution is 2.32. The Bertz CT molecular complexity index is 1290. The van der Waals surface area contributed by atoms with E-state index in [0.29, 0.717) is 6.42 Å². The Kier molecular flexibility index (Phi) is 7.51. The molecule has 0 aliphatic carbocycles. The third-order valence-corrected chi connectivity index (χ3v) is 7.82. The minimum Gasteiger partial charge on any atom is -0.465 e. The molecular formula is C25H27N3O7S. The smallest absolute Gasteiger partial charge is 0.324 e. The van der Waals surface area contributed by atoms with E-state index in [0.717, 1.165) is 5.56 Å². The number of fused-ring (bicyclic) bond motifs is 1. The Balaban J connectivity index is 1.58. The number of carbonyl (C=O) groups is 4. The topological polar surface area (TPSA) is 139 Å². The summed E-state index contributed by atoms with van der Waals surface area (Å²) in [6.07, 6.45) is 0.876. The molecule has 1 fully saturated rings. The maximum absolute atomic E-state index is 13.4. The number of nitrogens with zero attached hydrogens (tertiary/aromatic N) is 1. The van der Waals surface area contributed by atoms with E-state index >= 15 is 0 Å². The standard InChI is InChI=1S/C25H27N3O7S/c1-2-35-25(32)19(12-11-16-7-4-3-5-8-16)27-36(33,34)21-10-6-9-17-18(21)15-28(24(17)31)20-13-14-22(29)26-23(20)30/h3-10,19-20,27H,2,11-15H2,1H3,(H,26,29,30)/t19-,20?/m0/s1. The summed E-state index contributed by atoms with van der Waals surface area (Å²) in [6, 6.07) is 11.7. The third-order valence-electron chi connectivity index (χ3n) is 6.26. The number of imide groups is 1. The molecule has 0 radical (unpaired) electrons. The highest BCUT2D eigenvalue weighted by Gasteiger charge is 2.41. The lowest BCUT2D eigenvalue weighted by atomic mass is 10.0. The van der Waals surface area contributed by atoms with Gasteiger partial charge in [0, 0.05) is 24.1 Å². The molecule has 2 aliphatic heterocycles. The summed E-state index contributed by atoms with van der Waals surface area (Å²) >= 11 is 0. The Morgan fingerprint density at radius 3 is 2.58 bits per heavy atom. The molecule has 0 spiro atoms. The van der Waals surface area contributed by atoms with Crippen LogP contribution in [0.3, 0.4) is 0 Å². The fourth-order valence-corrected chi connectivity index (χ4v) is 5.96. The average Bonchev–Trinajstić information content (AvgIpc) is 3.18. The minimum atomic E-state index is -4.24. The van der Waals surface area contributed by atoms with Crippen molar-refractivity contribution in [2.45, 2.75) is 56.1 Å². The predicted molar refractivity (Wildman–Crippen MR) is 128 cm³/mol. The number of piperidine rings is 1. The number of nitrogens with one attached hydrogen (secondary N) is 2. The molecule has 1 unspecified atom stereocenters. The molecule has 190 valence electrons. The molecule has 4 rings (SSSR count). The SMILES string of the molecule is CCOC(=O)[C@H](CCc1ccccc1)NS(=O)(=O)c1cccc2c1CN(C1CCC(=O)NC1=O)C2=O. The maximum Gasteiger partial charge on any atom is 0.324 e. The van der Waals surface area contributed by atoms with E-state index < -0.39 is 45.8 Å². The van der Waals surface area contributed by atoms with Gasteiger partial charge in [0.1, 0.15) is 12.1 Å². The number of aryl methyl sites for hydroxylation is 1. The van der Waals surface area contributed by atoms with Crippen LogP contribution in [0.25, 0.3) is 0 Å². The predicted octanol–water partition coefficient (Wildman–Crippen LogP) is 1.29. The summed E-state index contributed by atoms with van der Waals surface area (Å²) in [7, 11) is -4.24. The molecule has 3 amide bonds. The molecule has 2 aliphatic rings. The molecule has 2 atom stereocenters.